The van der Waals surface area contributed by atoms with Gasteiger partial charge in [0.05, 0.1) is 11.7 Å². The third-order valence-corrected chi connectivity index (χ3v) is 7.76. The number of thiazole rings is 1. The second-order valence-corrected chi connectivity index (χ2v) is 9.70. The third kappa shape index (κ3) is 3.08. The monoisotopic (exact) mass is 397 g/mol. The molecule has 3 fully saturated rings. The molecule has 3 aliphatic heterocycles. The molecule has 1 N–H and O–H groups in total. The summed E-state index contributed by atoms with van der Waals surface area (Å²) in [6, 6.07) is 8.44. The van der Waals surface area contributed by atoms with Gasteiger partial charge < -0.3 is 10.1 Å². The highest BCUT2D eigenvalue weighted by Gasteiger charge is 2.62. The Bertz CT molecular complexity index is 897. The van der Waals surface area contributed by atoms with Gasteiger partial charge in [-0.25, -0.2) is 4.98 Å². The van der Waals surface area contributed by atoms with Crippen molar-refractivity contribution in [3.8, 4) is 10.6 Å². The van der Waals surface area contributed by atoms with Crippen LogP contribution < -0.4 is 5.32 Å². The van der Waals surface area contributed by atoms with Crippen LogP contribution in [0.2, 0.25) is 0 Å². The van der Waals surface area contributed by atoms with Gasteiger partial charge in [0, 0.05) is 61.6 Å². The highest BCUT2D eigenvalue weighted by Crippen LogP contribution is 2.54. The van der Waals surface area contributed by atoms with Crippen LogP contribution >= 0.6 is 11.3 Å². The van der Waals surface area contributed by atoms with E-state index in [9.17, 15) is 4.79 Å². The highest BCUT2D eigenvalue weighted by atomic mass is 32.1. The number of hydrogen-bond donors (Lipinski definition) is 1. The number of carbonyl (C=O) groups excluding carboxylic acids is 1. The number of nitrogens with zero attached hydrogens (tertiary/aromatic N) is 2. The molecule has 6 heteroatoms. The molecule has 3 saturated heterocycles. The van der Waals surface area contributed by atoms with Gasteiger partial charge in [0.2, 0.25) is 5.91 Å². The van der Waals surface area contributed by atoms with E-state index in [1.165, 1.54) is 16.0 Å². The van der Waals surface area contributed by atoms with E-state index in [4.69, 9.17) is 4.74 Å². The molecule has 1 aromatic carbocycles. The zero-order chi connectivity index (χ0) is 19.3. The van der Waals surface area contributed by atoms with Gasteiger partial charge in [0.1, 0.15) is 5.01 Å². The Balaban J connectivity index is 1.28. The van der Waals surface area contributed by atoms with Gasteiger partial charge >= 0.3 is 0 Å². The number of rotatable bonds is 5. The van der Waals surface area contributed by atoms with Gasteiger partial charge in [-0.2, -0.15) is 0 Å². The first-order chi connectivity index (χ1) is 13.5. The van der Waals surface area contributed by atoms with Crippen LogP contribution in [0.15, 0.2) is 30.5 Å². The zero-order valence-corrected chi connectivity index (χ0v) is 17.3. The second-order valence-electron chi connectivity index (χ2n) is 8.58. The molecule has 4 heterocycles. The Labute approximate surface area is 170 Å². The Morgan fingerprint density at radius 1 is 1.43 bits per heavy atom. The average Bonchev–Trinajstić information content (AvgIpc) is 3.40. The lowest BCUT2D eigenvalue weighted by Crippen LogP contribution is -2.41. The quantitative estimate of drug-likeness (QED) is 0.842. The minimum absolute atomic E-state index is 0.0112. The number of fused-ring (bicyclic) bond motifs is 1. The molecular formula is C22H27N3O2S. The lowest BCUT2D eigenvalue weighted by molar-refractivity contribution is -0.119. The van der Waals surface area contributed by atoms with Crippen LogP contribution in [0, 0.1) is 18.8 Å². The fourth-order valence-corrected chi connectivity index (χ4v) is 6.53. The summed E-state index contributed by atoms with van der Waals surface area (Å²) < 4.78 is 6.48. The molecule has 0 aliphatic carbocycles. The number of carbonyl (C=O) groups is 1. The van der Waals surface area contributed by atoms with Crippen molar-refractivity contribution in [2.75, 3.05) is 19.6 Å². The van der Waals surface area contributed by atoms with E-state index in [0.717, 1.165) is 44.0 Å². The van der Waals surface area contributed by atoms with Crippen molar-refractivity contribution >= 4 is 17.2 Å². The standard InChI is InChI=1S/C22H27N3O2S/c1-14-5-3-4-6-17(14)21-24-9-16(28-21)11-25-12-19-18(10-23-15(2)26)20-7-8-22(19,13-25)27-20/h3-6,9,18-20H,7-8,10-13H2,1-2H3,(H,23,26)/t18-,19+,20+,22+/m0/s1. The zero-order valence-electron chi connectivity index (χ0n) is 16.5. The van der Waals surface area contributed by atoms with Gasteiger partial charge in [0.25, 0.3) is 0 Å². The third-order valence-electron chi connectivity index (χ3n) is 6.75. The first kappa shape index (κ1) is 18.3. The van der Waals surface area contributed by atoms with Crippen molar-refractivity contribution in [3.05, 3.63) is 40.9 Å². The molecule has 28 heavy (non-hydrogen) atoms. The molecule has 5 rings (SSSR count). The van der Waals surface area contributed by atoms with Gasteiger partial charge in [-0.15, -0.1) is 11.3 Å². The summed E-state index contributed by atoms with van der Waals surface area (Å²) in [5, 5.41) is 4.13. The van der Waals surface area contributed by atoms with Gasteiger partial charge in [-0.3, -0.25) is 9.69 Å². The number of ether oxygens (including phenoxy) is 1. The Kier molecular flexibility index (Phi) is 4.53. The maximum absolute atomic E-state index is 11.4. The summed E-state index contributed by atoms with van der Waals surface area (Å²) in [7, 11) is 0. The van der Waals surface area contributed by atoms with Crippen molar-refractivity contribution in [3.63, 3.8) is 0 Å². The maximum atomic E-state index is 11.4. The fourth-order valence-electron chi connectivity index (χ4n) is 5.48. The lowest BCUT2D eigenvalue weighted by Gasteiger charge is -2.29. The van der Waals surface area contributed by atoms with E-state index in [0.29, 0.717) is 17.9 Å². The number of likely N-dealkylation sites (tertiary alicyclic amines) is 1. The number of benzene rings is 1. The number of aryl methyl sites for hydroxylation is 1. The van der Waals surface area contributed by atoms with E-state index in [1.807, 2.05) is 6.20 Å². The van der Waals surface area contributed by atoms with E-state index >= 15 is 0 Å². The minimum Gasteiger partial charge on any atom is -0.370 e. The smallest absolute Gasteiger partial charge is 0.216 e. The molecule has 1 spiro atoms. The summed E-state index contributed by atoms with van der Waals surface area (Å²) in [5.41, 5.74) is 2.51. The topological polar surface area (TPSA) is 54.5 Å². The number of amides is 1. The molecule has 5 nitrogen and oxygen atoms in total. The van der Waals surface area contributed by atoms with Crippen LogP contribution in [0.3, 0.4) is 0 Å². The van der Waals surface area contributed by atoms with Crippen molar-refractivity contribution in [1.82, 2.24) is 15.2 Å². The number of hydrogen-bond acceptors (Lipinski definition) is 5. The predicted octanol–water partition coefficient (Wildman–Crippen LogP) is 3.23. The number of nitrogens with one attached hydrogen (secondary N) is 1. The normalized spacial score (nSPS) is 31.3. The van der Waals surface area contributed by atoms with E-state index < -0.39 is 0 Å². The minimum atomic E-state index is 0.0112. The molecule has 0 radical (unpaired) electrons. The average molecular weight is 398 g/mol. The van der Waals surface area contributed by atoms with Crippen LogP contribution in [0.1, 0.15) is 30.2 Å². The van der Waals surface area contributed by atoms with Gasteiger partial charge in [0.15, 0.2) is 0 Å². The maximum Gasteiger partial charge on any atom is 0.216 e. The van der Waals surface area contributed by atoms with Crippen LogP contribution in [0.5, 0.6) is 0 Å². The molecule has 1 aromatic heterocycles. The largest absolute Gasteiger partial charge is 0.370 e. The van der Waals surface area contributed by atoms with E-state index in [1.54, 1.807) is 18.3 Å². The molecule has 148 valence electrons. The first-order valence-corrected chi connectivity index (χ1v) is 11.0. The summed E-state index contributed by atoms with van der Waals surface area (Å²) in [6.45, 7) is 7.47. The summed E-state index contributed by atoms with van der Waals surface area (Å²) in [4.78, 5) is 19.9. The molecule has 2 aromatic rings. The van der Waals surface area contributed by atoms with Crippen molar-refractivity contribution in [2.45, 2.75) is 44.9 Å². The Hall–Kier alpha value is -1.76. The Morgan fingerprint density at radius 2 is 2.29 bits per heavy atom. The fraction of sp³-hybridized carbons (Fsp3) is 0.545. The van der Waals surface area contributed by atoms with Crippen molar-refractivity contribution < 1.29 is 9.53 Å². The summed E-state index contributed by atoms with van der Waals surface area (Å²) in [5.74, 6) is 1.04. The summed E-state index contributed by atoms with van der Waals surface area (Å²) >= 11 is 1.80. The highest BCUT2D eigenvalue weighted by molar-refractivity contribution is 7.15. The molecule has 3 aliphatic rings. The summed E-state index contributed by atoms with van der Waals surface area (Å²) in [6.07, 6.45) is 4.65. The van der Waals surface area contributed by atoms with Gasteiger partial charge in [-0.05, 0) is 25.3 Å². The van der Waals surface area contributed by atoms with E-state index in [-0.39, 0.29) is 11.5 Å². The van der Waals surface area contributed by atoms with Crippen LogP contribution in [-0.2, 0) is 16.1 Å². The molecule has 0 unspecified atom stereocenters. The number of aromatic nitrogens is 1. The van der Waals surface area contributed by atoms with Crippen LogP contribution in [0.25, 0.3) is 10.6 Å². The molecule has 1 amide bonds. The molecule has 2 bridgehead atoms. The first-order valence-electron chi connectivity index (χ1n) is 10.2. The molecular weight excluding hydrogens is 370 g/mol. The lowest BCUT2D eigenvalue weighted by atomic mass is 9.73. The molecule has 0 saturated carbocycles. The van der Waals surface area contributed by atoms with Crippen LogP contribution in [0.4, 0.5) is 0 Å². The second kappa shape index (κ2) is 6.94. The van der Waals surface area contributed by atoms with Gasteiger partial charge in [-0.1, -0.05) is 24.3 Å². The SMILES string of the molecule is CC(=O)NC[C@H]1[C@H]2CN(Cc3cnc(-c4ccccc4C)s3)C[C@]23CC[C@H]1O3. The van der Waals surface area contributed by atoms with Crippen molar-refractivity contribution in [2.24, 2.45) is 11.8 Å². The van der Waals surface area contributed by atoms with Crippen LogP contribution in [-0.4, -0.2) is 47.1 Å². The predicted molar refractivity (Wildman–Crippen MR) is 110 cm³/mol. The van der Waals surface area contributed by atoms with E-state index in [2.05, 4.69) is 46.4 Å². The van der Waals surface area contributed by atoms with Crippen molar-refractivity contribution in [1.29, 1.82) is 0 Å². The Morgan fingerprint density at radius 3 is 3.11 bits per heavy atom. The molecule has 4 atom stereocenters.